The molecule has 0 aliphatic carbocycles. The van der Waals surface area contributed by atoms with Gasteiger partial charge in [0.15, 0.2) is 0 Å². The Morgan fingerprint density at radius 3 is 2.17 bits per heavy atom. The molecule has 0 unspecified atom stereocenters. The number of aromatic amines is 1. The highest BCUT2D eigenvalue weighted by molar-refractivity contribution is 6.18. The van der Waals surface area contributed by atoms with Gasteiger partial charge in [-0.25, -0.2) is 0 Å². The van der Waals surface area contributed by atoms with E-state index in [2.05, 4.69) is 77.8 Å². The first kappa shape index (κ1) is 16.1. The number of rotatable bonds is 2. The largest absolute Gasteiger partial charge is 0.497 e. The maximum Gasteiger partial charge on any atom is 0.119 e. The average molecular weight is 374 g/mol. The summed E-state index contributed by atoms with van der Waals surface area (Å²) in [6.45, 7) is 0. The maximum atomic E-state index is 5.44. The molecule has 6 aromatic rings. The molecule has 0 radical (unpaired) electrons. The summed E-state index contributed by atoms with van der Waals surface area (Å²) in [6, 6.07) is 27.5. The fourth-order valence-electron chi connectivity index (χ4n) is 4.39. The van der Waals surface area contributed by atoms with E-state index in [4.69, 9.17) is 9.72 Å². The van der Waals surface area contributed by atoms with E-state index in [0.29, 0.717) is 0 Å². The van der Waals surface area contributed by atoms with Crippen LogP contribution in [0, 0.1) is 0 Å². The van der Waals surface area contributed by atoms with Crippen molar-refractivity contribution in [1.82, 2.24) is 9.97 Å². The fourth-order valence-corrected chi connectivity index (χ4v) is 4.39. The number of fused-ring (bicyclic) bond motifs is 5. The summed E-state index contributed by atoms with van der Waals surface area (Å²) < 4.78 is 5.44. The Morgan fingerprint density at radius 1 is 0.724 bits per heavy atom. The first-order valence-electron chi connectivity index (χ1n) is 9.69. The number of aromatic nitrogens is 2. The van der Waals surface area contributed by atoms with Gasteiger partial charge >= 0.3 is 0 Å². The SMILES string of the molecule is COc1ccc2[nH]c3c(-c4c5ccccc5cc5ccccc45)nccc3c2c1. The van der Waals surface area contributed by atoms with Gasteiger partial charge in [0, 0.05) is 28.0 Å². The third kappa shape index (κ3) is 2.34. The van der Waals surface area contributed by atoms with Gasteiger partial charge in [-0.2, -0.15) is 0 Å². The van der Waals surface area contributed by atoms with E-state index >= 15 is 0 Å². The lowest BCUT2D eigenvalue weighted by Gasteiger charge is -2.12. The van der Waals surface area contributed by atoms with Gasteiger partial charge in [-0.1, -0.05) is 48.5 Å². The van der Waals surface area contributed by atoms with Gasteiger partial charge in [0.25, 0.3) is 0 Å². The molecule has 2 heterocycles. The van der Waals surface area contributed by atoms with Crippen LogP contribution in [0.15, 0.2) is 85.1 Å². The van der Waals surface area contributed by atoms with Crippen LogP contribution in [0.25, 0.3) is 54.6 Å². The van der Waals surface area contributed by atoms with Crippen molar-refractivity contribution in [3.05, 3.63) is 85.1 Å². The highest BCUT2D eigenvalue weighted by Gasteiger charge is 2.16. The lowest BCUT2D eigenvalue weighted by Crippen LogP contribution is -1.90. The first-order chi connectivity index (χ1) is 14.3. The van der Waals surface area contributed by atoms with Crippen molar-refractivity contribution >= 4 is 43.4 Å². The summed E-state index contributed by atoms with van der Waals surface area (Å²) in [5.41, 5.74) is 4.28. The Bertz CT molecular complexity index is 1490. The van der Waals surface area contributed by atoms with Gasteiger partial charge in [0.1, 0.15) is 5.75 Å². The Kier molecular flexibility index (Phi) is 3.38. The smallest absolute Gasteiger partial charge is 0.119 e. The van der Waals surface area contributed by atoms with Crippen LogP contribution in [0.5, 0.6) is 5.75 Å². The number of ether oxygens (including phenoxy) is 1. The van der Waals surface area contributed by atoms with Crippen molar-refractivity contribution in [1.29, 1.82) is 0 Å². The van der Waals surface area contributed by atoms with E-state index in [9.17, 15) is 0 Å². The molecule has 2 aromatic heterocycles. The standard InChI is InChI=1S/C26H18N2O/c1-29-18-10-11-23-22(15-18)21-12-13-27-26(25(21)28-23)24-19-8-4-2-6-16(19)14-17-7-3-5-9-20(17)24/h2-15,28H,1H3. The number of nitrogens with zero attached hydrogens (tertiary/aromatic N) is 1. The van der Waals surface area contributed by atoms with Crippen LogP contribution < -0.4 is 4.74 Å². The molecule has 0 fully saturated rings. The van der Waals surface area contributed by atoms with Gasteiger partial charge in [0.05, 0.1) is 18.3 Å². The molecule has 3 heteroatoms. The number of methoxy groups -OCH3 is 1. The molecule has 0 aliphatic rings. The minimum absolute atomic E-state index is 0.854. The number of pyridine rings is 1. The van der Waals surface area contributed by atoms with Crippen LogP contribution in [0.4, 0.5) is 0 Å². The van der Waals surface area contributed by atoms with Crippen LogP contribution >= 0.6 is 0 Å². The molecular formula is C26H18N2O. The summed E-state index contributed by atoms with van der Waals surface area (Å²) in [5, 5.41) is 7.16. The van der Waals surface area contributed by atoms with E-state index in [0.717, 1.165) is 33.2 Å². The lowest BCUT2D eigenvalue weighted by molar-refractivity contribution is 0.415. The Balaban J connectivity index is 1.79. The Morgan fingerprint density at radius 2 is 1.45 bits per heavy atom. The highest BCUT2D eigenvalue weighted by atomic mass is 16.5. The molecule has 4 aromatic carbocycles. The maximum absolute atomic E-state index is 5.44. The highest BCUT2D eigenvalue weighted by Crippen LogP contribution is 2.40. The predicted octanol–water partition coefficient (Wildman–Crippen LogP) is 6.70. The number of hydrogen-bond acceptors (Lipinski definition) is 2. The summed E-state index contributed by atoms with van der Waals surface area (Å²) in [7, 11) is 1.70. The molecule has 1 N–H and O–H groups in total. The summed E-state index contributed by atoms with van der Waals surface area (Å²) in [4.78, 5) is 8.46. The molecule has 0 saturated carbocycles. The van der Waals surface area contributed by atoms with Crippen LogP contribution in [0.3, 0.4) is 0 Å². The number of hydrogen-bond donors (Lipinski definition) is 1. The molecule has 0 amide bonds. The molecule has 0 aliphatic heterocycles. The molecule has 138 valence electrons. The van der Waals surface area contributed by atoms with Crippen molar-refractivity contribution < 1.29 is 4.74 Å². The number of benzene rings is 4. The van der Waals surface area contributed by atoms with E-state index in [1.54, 1.807) is 7.11 Å². The molecule has 0 atom stereocenters. The van der Waals surface area contributed by atoms with E-state index < -0.39 is 0 Å². The van der Waals surface area contributed by atoms with Crippen molar-refractivity contribution in [3.8, 4) is 17.0 Å². The third-order valence-corrected chi connectivity index (χ3v) is 5.74. The topological polar surface area (TPSA) is 37.9 Å². The Hall–Kier alpha value is -3.85. The third-order valence-electron chi connectivity index (χ3n) is 5.74. The number of nitrogens with one attached hydrogen (secondary N) is 1. The first-order valence-corrected chi connectivity index (χ1v) is 9.69. The average Bonchev–Trinajstić information content (AvgIpc) is 3.15. The minimum atomic E-state index is 0.854. The van der Waals surface area contributed by atoms with Crippen molar-refractivity contribution in [2.75, 3.05) is 7.11 Å². The van der Waals surface area contributed by atoms with Crippen LogP contribution in [-0.4, -0.2) is 17.1 Å². The molecular weight excluding hydrogens is 356 g/mol. The van der Waals surface area contributed by atoms with Crippen LogP contribution in [-0.2, 0) is 0 Å². The van der Waals surface area contributed by atoms with E-state index in [1.807, 2.05) is 12.3 Å². The zero-order valence-corrected chi connectivity index (χ0v) is 15.9. The Labute approximate surface area is 167 Å². The van der Waals surface area contributed by atoms with Crippen molar-refractivity contribution in [2.45, 2.75) is 0 Å². The second kappa shape index (κ2) is 6.08. The summed E-state index contributed by atoms with van der Waals surface area (Å²) >= 11 is 0. The molecule has 3 nitrogen and oxygen atoms in total. The van der Waals surface area contributed by atoms with Gasteiger partial charge in [-0.15, -0.1) is 0 Å². The van der Waals surface area contributed by atoms with E-state index in [-0.39, 0.29) is 0 Å². The van der Waals surface area contributed by atoms with Crippen LogP contribution in [0.2, 0.25) is 0 Å². The fraction of sp³-hybridized carbons (Fsp3) is 0.0385. The summed E-state index contributed by atoms with van der Waals surface area (Å²) in [5.74, 6) is 0.854. The second-order valence-electron chi connectivity index (χ2n) is 7.31. The van der Waals surface area contributed by atoms with E-state index in [1.165, 1.54) is 27.1 Å². The van der Waals surface area contributed by atoms with Gasteiger partial charge in [-0.3, -0.25) is 4.98 Å². The lowest BCUT2D eigenvalue weighted by atomic mass is 9.94. The minimum Gasteiger partial charge on any atom is -0.497 e. The second-order valence-corrected chi connectivity index (χ2v) is 7.31. The van der Waals surface area contributed by atoms with Gasteiger partial charge in [-0.05, 0) is 51.9 Å². The zero-order chi connectivity index (χ0) is 19.4. The molecule has 6 rings (SSSR count). The van der Waals surface area contributed by atoms with Gasteiger partial charge < -0.3 is 9.72 Å². The predicted molar refractivity (Wildman–Crippen MR) is 121 cm³/mol. The normalized spacial score (nSPS) is 11.6. The molecule has 0 saturated heterocycles. The molecule has 29 heavy (non-hydrogen) atoms. The monoisotopic (exact) mass is 374 g/mol. The zero-order valence-electron chi connectivity index (χ0n) is 15.9. The number of H-pyrrole nitrogens is 1. The van der Waals surface area contributed by atoms with Crippen molar-refractivity contribution in [3.63, 3.8) is 0 Å². The van der Waals surface area contributed by atoms with Crippen molar-refractivity contribution in [2.24, 2.45) is 0 Å². The quantitative estimate of drug-likeness (QED) is 0.343. The van der Waals surface area contributed by atoms with Crippen LogP contribution in [0.1, 0.15) is 0 Å². The molecule has 0 bridgehead atoms. The van der Waals surface area contributed by atoms with Gasteiger partial charge in [0.2, 0.25) is 0 Å². The summed E-state index contributed by atoms with van der Waals surface area (Å²) in [6.07, 6.45) is 1.90. The molecule has 0 spiro atoms.